The lowest BCUT2D eigenvalue weighted by atomic mass is 10.0. The van der Waals surface area contributed by atoms with Crippen molar-refractivity contribution in [2.24, 2.45) is 0 Å². The largest absolute Gasteiger partial charge is 0.416 e. The summed E-state index contributed by atoms with van der Waals surface area (Å²) in [5.74, 6) is 0.690. The number of quaternary nitrogens is 1. The summed E-state index contributed by atoms with van der Waals surface area (Å²) in [6.07, 6.45) is -0.235. The van der Waals surface area contributed by atoms with E-state index < -0.39 is 11.7 Å². The minimum absolute atomic E-state index is 0.211. The molecule has 0 bridgehead atoms. The maximum absolute atomic E-state index is 13.7. The zero-order chi connectivity index (χ0) is 38.0. The van der Waals surface area contributed by atoms with Crippen molar-refractivity contribution in [2.75, 3.05) is 14.1 Å². The second-order valence-corrected chi connectivity index (χ2v) is 15.3. The Kier molecular flexibility index (Phi) is 10.6. The summed E-state index contributed by atoms with van der Waals surface area (Å²) in [6, 6.07) is 25.7. The Morgan fingerprint density at radius 2 is 1.31 bits per heavy atom. The van der Waals surface area contributed by atoms with Crippen LogP contribution in [0.5, 0.6) is 0 Å². The van der Waals surface area contributed by atoms with Crippen LogP contribution in [0.4, 0.5) is 22.0 Å². The Hall–Kier alpha value is -5.07. The van der Waals surface area contributed by atoms with Crippen LogP contribution in [0.3, 0.4) is 0 Å². The van der Waals surface area contributed by atoms with E-state index in [1.165, 1.54) is 48.2 Å². The number of halogens is 5. The number of benzene rings is 4. The molecule has 12 heteroatoms. The molecule has 0 atom stereocenters. The Balaban J connectivity index is 1.21. The fraction of sp³-hybridized carbons (Fsp3) is 0.262. The predicted octanol–water partition coefficient (Wildman–Crippen LogP) is 9.06. The van der Waals surface area contributed by atoms with Crippen molar-refractivity contribution < 1.29 is 26.4 Å². The first-order valence-electron chi connectivity index (χ1n) is 17.7. The molecule has 1 aliphatic carbocycles. The summed E-state index contributed by atoms with van der Waals surface area (Å²) in [6.45, 7) is 2.11. The van der Waals surface area contributed by atoms with Gasteiger partial charge in [-0.25, -0.2) is 13.8 Å². The minimum Gasteiger partial charge on any atom is -0.321 e. The van der Waals surface area contributed by atoms with Gasteiger partial charge in [-0.1, -0.05) is 72.4 Å². The van der Waals surface area contributed by atoms with E-state index in [1.54, 1.807) is 24.3 Å². The molecule has 0 fully saturated rings. The third-order valence-electron chi connectivity index (χ3n) is 9.76. The standard InChI is InChI=1S/C42H39F5N5OS/c1-52(2,25-29-8-18-34(43)19-9-29)26-36-22-48-39(50(36)23-28-6-12-31(13-7-28)32-14-16-33(17-15-32)42(45,46)47)24-51-38-5-3-4-37(38)40(53)49-41(51)54-27-30-10-20-35(44)21-11-30/h6-22H,3-5,23-27H2,1-2H3/q+1. The monoisotopic (exact) mass is 756 g/mol. The molecule has 0 radical (unpaired) electrons. The lowest BCUT2D eigenvalue weighted by Gasteiger charge is -2.30. The fourth-order valence-electron chi connectivity index (χ4n) is 7.04. The molecule has 0 aliphatic heterocycles. The SMILES string of the molecule is C[N+](C)(Cc1ccc(F)cc1)Cc1cnc(Cn2c(SCc3ccc(F)cc3)nc(=O)c3c2CCC3)n1Cc1ccc(-c2ccc(C(F)(F)F)cc2)cc1. The Morgan fingerprint density at radius 1 is 0.722 bits per heavy atom. The molecule has 0 saturated carbocycles. The van der Waals surface area contributed by atoms with Gasteiger partial charge in [-0.2, -0.15) is 18.2 Å². The quantitative estimate of drug-likeness (QED) is 0.0542. The number of hydrogen-bond acceptors (Lipinski definition) is 4. The molecule has 6 aromatic rings. The normalized spacial score (nSPS) is 13.0. The molecule has 1 aliphatic rings. The highest BCUT2D eigenvalue weighted by Crippen LogP contribution is 2.32. The molecule has 0 unspecified atom stereocenters. The third-order valence-corrected chi connectivity index (χ3v) is 10.8. The number of fused-ring (bicyclic) bond motifs is 1. The van der Waals surface area contributed by atoms with Crippen LogP contribution in [0, 0.1) is 11.6 Å². The Labute approximate surface area is 314 Å². The van der Waals surface area contributed by atoms with Crippen molar-refractivity contribution in [2.45, 2.75) is 62.5 Å². The highest BCUT2D eigenvalue weighted by atomic mass is 32.2. The number of rotatable bonds is 12. The van der Waals surface area contributed by atoms with E-state index in [-0.39, 0.29) is 17.2 Å². The number of alkyl halides is 3. The lowest BCUT2D eigenvalue weighted by molar-refractivity contribution is -0.917. The molecule has 4 aromatic carbocycles. The van der Waals surface area contributed by atoms with Crippen LogP contribution in [0.15, 0.2) is 113 Å². The molecule has 278 valence electrons. The van der Waals surface area contributed by atoms with Crippen LogP contribution in [0.2, 0.25) is 0 Å². The highest BCUT2D eigenvalue weighted by molar-refractivity contribution is 7.98. The van der Waals surface area contributed by atoms with E-state index in [0.29, 0.717) is 53.6 Å². The first kappa shape index (κ1) is 37.3. The fourth-order valence-corrected chi connectivity index (χ4v) is 8.01. The van der Waals surface area contributed by atoms with E-state index in [1.807, 2.05) is 30.5 Å². The number of thioether (sulfide) groups is 1. The lowest BCUT2D eigenvalue weighted by Crippen LogP contribution is -2.38. The van der Waals surface area contributed by atoms with Crippen LogP contribution in [-0.2, 0) is 50.9 Å². The average molecular weight is 757 g/mol. The predicted molar refractivity (Wildman–Crippen MR) is 200 cm³/mol. The van der Waals surface area contributed by atoms with Crippen molar-refractivity contribution >= 4 is 11.8 Å². The van der Waals surface area contributed by atoms with Crippen LogP contribution in [0.25, 0.3) is 11.1 Å². The van der Waals surface area contributed by atoms with E-state index in [0.717, 1.165) is 70.0 Å². The summed E-state index contributed by atoms with van der Waals surface area (Å²) in [7, 11) is 4.23. The maximum atomic E-state index is 13.7. The van der Waals surface area contributed by atoms with Crippen LogP contribution in [0.1, 0.15) is 51.5 Å². The first-order chi connectivity index (χ1) is 25.8. The topological polar surface area (TPSA) is 52.7 Å². The van der Waals surface area contributed by atoms with Gasteiger partial charge in [-0.05, 0) is 77.9 Å². The average Bonchev–Trinajstić information content (AvgIpc) is 3.78. The molecule has 2 aromatic heterocycles. The van der Waals surface area contributed by atoms with E-state index in [9.17, 15) is 26.7 Å². The Bertz CT molecular complexity index is 2300. The summed E-state index contributed by atoms with van der Waals surface area (Å²) in [5.41, 5.74) is 6.14. The summed E-state index contributed by atoms with van der Waals surface area (Å²) >= 11 is 1.44. The molecule has 0 spiro atoms. The zero-order valence-electron chi connectivity index (χ0n) is 29.9. The van der Waals surface area contributed by atoms with Gasteiger partial charge in [0.2, 0.25) is 0 Å². The number of nitrogens with zero attached hydrogens (tertiary/aromatic N) is 5. The first-order valence-corrected chi connectivity index (χ1v) is 18.7. The zero-order valence-corrected chi connectivity index (χ0v) is 30.7. The molecule has 0 saturated heterocycles. The summed E-state index contributed by atoms with van der Waals surface area (Å²) in [4.78, 5) is 22.6. The molecule has 0 amide bonds. The molecule has 0 N–H and O–H groups in total. The number of hydrogen-bond donors (Lipinski definition) is 0. The van der Waals surface area contributed by atoms with Gasteiger partial charge in [0.05, 0.1) is 38.1 Å². The van der Waals surface area contributed by atoms with Gasteiger partial charge >= 0.3 is 6.18 Å². The van der Waals surface area contributed by atoms with Crippen molar-refractivity contribution in [3.63, 3.8) is 0 Å². The second-order valence-electron chi connectivity index (χ2n) is 14.4. The van der Waals surface area contributed by atoms with E-state index in [4.69, 9.17) is 4.98 Å². The van der Waals surface area contributed by atoms with Gasteiger partial charge in [0.1, 0.15) is 30.5 Å². The molecule has 2 heterocycles. The van der Waals surface area contributed by atoms with Crippen molar-refractivity contribution in [3.8, 4) is 11.1 Å². The highest BCUT2D eigenvalue weighted by Gasteiger charge is 2.30. The van der Waals surface area contributed by atoms with Gasteiger partial charge in [-0.15, -0.1) is 0 Å². The third kappa shape index (κ3) is 8.66. The maximum Gasteiger partial charge on any atom is 0.416 e. The van der Waals surface area contributed by atoms with Crippen LogP contribution in [-0.4, -0.2) is 37.7 Å². The van der Waals surface area contributed by atoms with Gasteiger partial charge in [-0.3, -0.25) is 4.79 Å². The summed E-state index contributed by atoms with van der Waals surface area (Å²) in [5, 5.41) is 0.578. The van der Waals surface area contributed by atoms with Crippen molar-refractivity contribution in [1.29, 1.82) is 0 Å². The molecule has 7 rings (SSSR count). The second kappa shape index (κ2) is 15.3. The smallest absolute Gasteiger partial charge is 0.321 e. The van der Waals surface area contributed by atoms with Gasteiger partial charge in [0.25, 0.3) is 5.56 Å². The van der Waals surface area contributed by atoms with Crippen molar-refractivity contribution in [3.05, 3.63) is 170 Å². The van der Waals surface area contributed by atoms with Gasteiger partial charge < -0.3 is 13.6 Å². The van der Waals surface area contributed by atoms with Crippen molar-refractivity contribution in [1.82, 2.24) is 19.1 Å². The minimum atomic E-state index is -4.40. The van der Waals surface area contributed by atoms with E-state index in [2.05, 4.69) is 28.2 Å². The van der Waals surface area contributed by atoms with Crippen LogP contribution < -0.4 is 5.56 Å². The summed E-state index contributed by atoms with van der Waals surface area (Å²) < 4.78 is 71.6. The molecular formula is C42H39F5N5OS+. The number of imidazole rings is 1. The van der Waals surface area contributed by atoms with E-state index >= 15 is 0 Å². The van der Waals surface area contributed by atoms with Crippen LogP contribution >= 0.6 is 11.8 Å². The molecular weight excluding hydrogens is 718 g/mol. The number of aromatic nitrogens is 4. The van der Waals surface area contributed by atoms with Gasteiger partial charge in [0, 0.05) is 29.1 Å². The van der Waals surface area contributed by atoms with Gasteiger partial charge in [0.15, 0.2) is 5.16 Å². The Morgan fingerprint density at radius 3 is 1.94 bits per heavy atom. The molecule has 54 heavy (non-hydrogen) atoms. The molecule has 6 nitrogen and oxygen atoms in total.